The number of nitrogens with zero attached hydrogens (tertiary/aromatic N) is 1. The second-order valence-electron chi connectivity index (χ2n) is 6.59. The summed E-state index contributed by atoms with van der Waals surface area (Å²) < 4.78 is 42.3. The van der Waals surface area contributed by atoms with Gasteiger partial charge in [0.05, 0.1) is 0 Å². The van der Waals surface area contributed by atoms with Crippen molar-refractivity contribution in [1.82, 2.24) is 9.62 Å². The van der Waals surface area contributed by atoms with Crippen LogP contribution in [-0.2, 0) is 21.4 Å². The molecule has 0 aliphatic carbocycles. The van der Waals surface area contributed by atoms with Gasteiger partial charge in [0, 0.05) is 18.1 Å². The highest BCUT2D eigenvalue weighted by Crippen LogP contribution is 2.17. The Hall–Kier alpha value is -1.77. The predicted octanol–water partition coefficient (Wildman–Crippen LogP) is 3.55. The van der Waals surface area contributed by atoms with Crippen LogP contribution in [0.3, 0.4) is 0 Å². The number of nitrogens with one attached hydrogen (secondary N) is 1. The minimum absolute atomic E-state index is 0.314. The molecule has 0 aliphatic rings. The second kappa shape index (κ2) is 8.95. The highest BCUT2D eigenvalue weighted by atomic mass is 79.9. The number of sulfonamides is 1. The maximum atomic E-state index is 13.9. The Bertz CT molecular complexity index is 901. The normalized spacial score (nSPS) is 12.8. The number of rotatable bonds is 7. The maximum Gasteiger partial charge on any atom is 0.244 e. The van der Waals surface area contributed by atoms with Crippen molar-refractivity contribution >= 4 is 31.9 Å². The Morgan fingerprint density at radius 1 is 1.15 bits per heavy atom. The van der Waals surface area contributed by atoms with E-state index in [0.717, 1.165) is 16.1 Å². The summed E-state index contributed by atoms with van der Waals surface area (Å²) in [5.41, 5.74) is 0.911. The molecular formula is C19H22BrFN2O3S. The largest absolute Gasteiger partial charge is 0.340 e. The minimum atomic E-state index is -4.17. The van der Waals surface area contributed by atoms with Crippen LogP contribution in [0, 0.1) is 11.7 Å². The third-order valence-corrected chi connectivity index (χ3v) is 6.05. The van der Waals surface area contributed by atoms with Gasteiger partial charge < -0.3 is 4.90 Å². The van der Waals surface area contributed by atoms with E-state index in [-0.39, 0.29) is 11.8 Å². The van der Waals surface area contributed by atoms with Gasteiger partial charge in [0.1, 0.15) is 16.8 Å². The van der Waals surface area contributed by atoms with Crippen molar-refractivity contribution in [2.75, 3.05) is 7.05 Å². The van der Waals surface area contributed by atoms with Crippen molar-refractivity contribution in [3.8, 4) is 0 Å². The van der Waals surface area contributed by atoms with E-state index in [1.54, 1.807) is 20.9 Å². The summed E-state index contributed by atoms with van der Waals surface area (Å²) in [5, 5.41) is 0. The lowest BCUT2D eigenvalue weighted by molar-refractivity contribution is -0.133. The van der Waals surface area contributed by atoms with Crippen LogP contribution in [0.15, 0.2) is 57.9 Å². The molecule has 0 spiro atoms. The van der Waals surface area contributed by atoms with E-state index in [2.05, 4.69) is 20.7 Å². The quantitative estimate of drug-likeness (QED) is 0.692. The Kier molecular flexibility index (Phi) is 7.13. The van der Waals surface area contributed by atoms with Gasteiger partial charge in [-0.1, -0.05) is 54.0 Å². The monoisotopic (exact) mass is 456 g/mol. The number of hydrogen-bond acceptors (Lipinski definition) is 3. The van der Waals surface area contributed by atoms with Crippen molar-refractivity contribution in [1.29, 1.82) is 0 Å². The van der Waals surface area contributed by atoms with Crippen LogP contribution < -0.4 is 4.72 Å². The summed E-state index contributed by atoms with van der Waals surface area (Å²) >= 11 is 3.36. The van der Waals surface area contributed by atoms with Crippen LogP contribution in [0.25, 0.3) is 0 Å². The molecular weight excluding hydrogens is 435 g/mol. The summed E-state index contributed by atoms with van der Waals surface area (Å²) in [6.07, 6.45) is 0. The average molecular weight is 457 g/mol. The van der Waals surface area contributed by atoms with Crippen LogP contribution in [0.5, 0.6) is 0 Å². The molecule has 0 bridgehead atoms. The molecule has 5 nitrogen and oxygen atoms in total. The Morgan fingerprint density at radius 2 is 1.74 bits per heavy atom. The van der Waals surface area contributed by atoms with Crippen molar-refractivity contribution in [2.45, 2.75) is 31.3 Å². The molecule has 2 rings (SSSR count). The summed E-state index contributed by atoms with van der Waals surface area (Å²) in [6.45, 7) is 3.80. The van der Waals surface area contributed by atoms with Gasteiger partial charge in [-0.3, -0.25) is 4.79 Å². The first kappa shape index (κ1) is 21.5. The molecule has 2 aromatic carbocycles. The Balaban J connectivity index is 2.19. The number of halogens is 2. The molecule has 0 radical (unpaired) electrons. The molecule has 1 N–H and O–H groups in total. The lowest BCUT2D eigenvalue weighted by Gasteiger charge is -2.27. The van der Waals surface area contributed by atoms with E-state index < -0.39 is 26.8 Å². The van der Waals surface area contributed by atoms with E-state index >= 15 is 0 Å². The molecule has 2 aromatic rings. The first-order valence-electron chi connectivity index (χ1n) is 8.38. The highest BCUT2D eigenvalue weighted by molar-refractivity contribution is 9.10. The van der Waals surface area contributed by atoms with Crippen LogP contribution in [-0.4, -0.2) is 32.3 Å². The van der Waals surface area contributed by atoms with Crippen LogP contribution >= 0.6 is 15.9 Å². The smallest absolute Gasteiger partial charge is 0.244 e. The zero-order valence-electron chi connectivity index (χ0n) is 15.3. The first-order chi connectivity index (χ1) is 12.6. The number of carbonyl (C=O) groups excluding carboxylic acids is 1. The topological polar surface area (TPSA) is 66.5 Å². The third kappa shape index (κ3) is 5.60. The second-order valence-corrected chi connectivity index (χ2v) is 9.19. The SMILES string of the molecule is CC(C)C(NS(=O)(=O)c1ccccc1F)C(=O)N(C)Cc1ccc(Br)cc1. The van der Waals surface area contributed by atoms with Gasteiger partial charge >= 0.3 is 0 Å². The lowest BCUT2D eigenvalue weighted by Crippen LogP contribution is -2.50. The molecule has 0 fully saturated rings. The first-order valence-corrected chi connectivity index (χ1v) is 10.7. The van der Waals surface area contributed by atoms with Gasteiger partial charge in [0.15, 0.2) is 0 Å². The standard InChI is InChI=1S/C19H22BrFN2O3S/c1-13(2)18(22-27(25,26)17-7-5-4-6-16(17)21)19(24)23(3)12-14-8-10-15(20)11-9-14/h4-11,13,18,22H,12H2,1-3H3. The number of carbonyl (C=O) groups is 1. The molecule has 0 saturated carbocycles. The third-order valence-electron chi connectivity index (χ3n) is 4.05. The van der Waals surface area contributed by atoms with E-state index in [0.29, 0.717) is 6.54 Å². The molecule has 1 amide bonds. The molecule has 1 unspecified atom stereocenters. The predicted molar refractivity (Wildman–Crippen MR) is 106 cm³/mol. The number of amides is 1. The van der Waals surface area contributed by atoms with Gasteiger partial charge in [0.2, 0.25) is 15.9 Å². The summed E-state index contributed by atoms with van der Waals surface area (Å²) in [4.78, 5) is 13.8. The average Bonchev–Trinajstić information content (AvgIpc) is 2.61. The fourth-order valence-corrected chi connectivity index (χ4v) is 4.23. The van der Waals surface area contributed by atoms with Gasteiger partial charge in [-0.15, -0.1) is 0 Å². The fourth-order valence-electron chi connectivity index (χ4n) is 2.54. The zero-order chi connectivity index (χ0) is 20.2. The molecule has 0 saturated heterocycles. The molecule has 0 heterocycles. The summed E-state index contributed by atoms with van der Waals surface area (Å²) in [5.74, 6) is -1.55. The van der Waals surface area contributed by atoms with Crippen molar-refractivity contribution < 1.29 is 17.6 Å². The Labute approximate surface area is 167 Å². The molecule has 27 heavy (non-hydrogen) atoms. The molecule has 0 aromatic heterocycles. The highest BCUT2D eigenvalue weighted by Gasteiger charge is 2.31. The van der Waals surface area contributed by atoms with Crippen molar-refractivity contribution in [3.05, 3.63) is 64.4 Å². The minimum Gasteiger partial charge on any atom is -0.340 e. The van der Waals surface area contributed by atoms with E-state index in [1.807, 2.05) is 24.3 Å². The molecule has 146 valence electrons. The van der Waals surface area contributed by atoms with Crippen LogP contribution in [0.2, 0.25) is 0 Å². The number of likely N-dealkylation sites (N-methyl/N-ethyl adjacent to an activating group) is 1. The van der Waals surface area contributed by atoms with Crippen molar-refractivity contribution in [3.63, 3.8) is 0 Å². The van der Waals surface area contributed by atoms with Gasteiger partial charge in [0.25, 0.3) is 0 Å². The summed E-state index contributed by atoms with van der Waals surface area (Å²) in [7, 11) is -2.56. The van der Waals surface area contributed by atoms with Gasteiger partial charge in [-0.25, -0.2) is 12.8 Å². The van der Waals surface area contributed by atoms with Gasteiger partial charge in [-0.05, 0) is 35.7 Å². The lowest BCUT2D eigenvalue weighted by atomic mass is 10.0. The number of hydrogen-bond donors (Lipinski definition) is 1. The molecule has 8 heteroatoms. The van der Waals surface area contributed by atoms with E-state index in [1.165, 1.54) is 23.1 Å². The van der Waals surface area contributed by atoms with Crippen molar-refractivity contribution in [2.24, 2.45) is 5.92 Å². The molecule has 0 aliphatic heterocycles. The Morgan fingerprint density at radius 3 is 2.30 bits per heavy atom. The van der Waals surface area contributed by atoms with E-state index in [9.17, 15) is 17.6 Å². The zero-order valence-corrected chi connectivity index (χ0v) is 17.7. The van der Waals surface area contributed by atoms with Crippen LogP contribution in [0.4, 0.5) is 4.39 Å². The maximum absolute atomic E-state index is 13.9. The van der Waals surface area contributed by atoms with Crippen LogP contribution in [0.1, 0.15) is 19.4 Å². The van der Waals surface area contributed by atoms with Gasteiger partial charge in [-0.2, -0.15) is 4.72 Å². The van der Waals surface area contributed by atoms with E-state index in [4.69, 9.17) is 0 Å². The summed E-state index contributed by atoms with van der Waals surface area (Å²) in [6, 6.07) is 11.6. The molecule has 1 atom stereocenters. The number of benzene rings is 2. The fraction of sp³-hybridized carbons (Fsp3) is 0.316.